The molecule has 0 radical (unpaired) electrons. The van der Waals surface area contributed by atoms with E-state index < -0.39 is 0 Å². The van der Waals surface area contributed by atoms with Crippen molar-refractivity contribution < 1.29 is 14.3 Å². The SMILES string of the molecule is CC1C2CC(=O)C(O2)C(C)C1OCc1ccccc1. The van der Waals surface area contributed by atoms with E-state index in [1.54, 1.807) is 0 Å². The molecule has 3 nitrogen and oxygen atoms in total. The average Bonchev–Trinajstić information content (AvgIpc) is 2.78. The highest BCUT2D eigenvalue weighted by atomic mass is 16.5. The van der Waals surface area contributed by atoms with Crippen molar-refractivity contribution >= 4 is 5.78 Å². The van der Waals surface area contributed by atoms with E-state index in [4.69, 9.17) is 9.47 Å². The summed E-state index contributed by atoms with van der Waals surface area (Å²) in [5, 5.41) is 0. The summed E-state index contributed by atoms with van der Waals surface area (Å²) >= 11 is 0. The fourth-order valence-electron chi connectivity index (χ4n) is 3.29. The van der Waals surface area contributed by atoms with E-state index in [-0.39, 0.29) is 35.9 Å². The fourth-order valence-corrected chi connectivity index (χ4v) is 3.29. The van der Waals surface area contributed by atoms with Crippen molar-refractivity contribution in [3.05, 3.63) is 35.9 Å². The van der Waals surface area contributed by atoms with Gasteiger partial charge < -0.3 is 9.47 Å². The smallest absolute Gasteiger partial charge is 0.164 e. The van der Waals surface area contributed by atoms with Crippen molar-refractivity contribution in [3.8, 4) is 0 Å². The number of Topliss-reactive ketones (excluding diaryl/α,β-unsaturated/α-hetero) is 1. The molecule has 2 aliphatic rings. The molecule has 0 amide bonds. The number of carbonyl (C=O) groups is 1. The van der Waals surface area contributed by atoms with Crippen molar-refractivity contribution in [2.24, 2.45) is 11.8 Å². The lowest BCUT2D eigenvalue weighted by atomic mass is 9.86. The van der Waals surface area contributed by atoms with Gasteiger partial charge in [-0.15, -0.1) is 0 Å². The van der Waals surface area contributed by atoms with Crippen LogP contribution in [0.5, 0.6) is 0 Å². The predicted molar refractivity (Wildman–Crippen MR) is 71.6 cm³/mol. The minimum atomic E-state index is -0.248. The normalized spacial score (nSPS) is 37.6. The van der Waals surface area contributed by atoms with E-state index in [1.807, 2.05) is 18.2 Å². The molecule has 2 heterocycles. The second-order valence-electron chi connectivity index (χ2n) is 5.75. The molecule has 1 aromatic rings. The third-order valence-electron chi connectivity index (χ3n) is 4.43. The molecule has 2 fully saturated rings. The summed E-state index contributed by atoms with van der Waals surface area (Å²) in [5.74, 6) is 0.668. The minimum Gasteiger partial charge on any atom is -0.373 e. The number of hydrogen-bond acceptors (Lipinski definition) is 3. The molecular weight excluding hydrogens is 240 g/mol. The molecule has 102 valence electrons. The molecule has 0 saturated carbocycles. The quantitative estimate of drug-likeness (QED) is 0.838. The third-order valence-corrected chi connectivity index (χ3v) is 4.43. The number of ether oxygens (including phenoxy) is 2. The second kappa shape index (κ2) is 5.06. The summed E-state index contributed by atoms with van der Waals surface area (Å²) in [5.41, 5.74) is 1.17. The highest BCUT2D eigenvalue weighted by Gasteiger charge is 2.50. The van der Waals surface area contributed by atoms with Crippen molar-refractivity contribution in [1.29, 1.82) is 0 Å². The molecule has 0 aromatic heterocycles. The molecule has 0 spiro atoms. The van der Waals surface area contributed by atoms with Crippen molar-refractivity contribution in [2.45, 2.75) is 45.2 Å². The highest BCUT2D eigenvalue weighted by molar-refractivity contribution is 5.86. The standard InChI is InChI=1S/C16H20O3/c1-10-14-8-13(17)16(19-14)11(2)15(10)18-9-12-6-4-3-5-7-12/h3-7,10-11,14-16H,8-9H2,1-2H3. The maximum absolute atomic E-state index is 11.9. The zero-order valence-electron chi connectivity index (χ0n) is 11.4. The van der Waals surface area contributed by atoms with Gasteiger partial charge in [-0.25, -0.2) is 0 Å². The van der Waals surface area contributed by atoms with Gasteiger partial charge in [0.15, 0.2) is 5.78 Å². The Morgan fingerprint density at radius 2 is 1.95 bits per heavy atom. The largest absolute Gasteiger partial charge is 0.373 e. The predicted octanol–water partition coefficient (Wildman–Crippen LogP) is 2.58. The van der Waals surface area contributed by atoms with Gasteiger partial charge in [0.25, 0.3) is 0 Å². The van der Waals surface area contributed by atoms with Crippen LogP contribution >= 0.6 is 0 Å². The molecule has 19 heavy (non-hydrogen) atoms. The van der Waals surface area contributed by atoms with Crippen LogP contribution in [0.3, 0.4) is 0 Å². The van der Waals surface area contributed by atoms with Crippen molar-refractivity contribution in [3.63, 3.8) is 0 Å². The lowest BCUT2D eigenvalue weighted by molar-refractivity contribution is -0.160. The molecule has 5 unspecified atom stereocenters. The van der Waals surface area contributed by atoms with Crippen LogP contribution in [-0.2, 0) is 20.9 Å². The lowest BCUT2D eigenvalue weighted by Gasteiger charge is -2.38. The molecule has 0 aliphatic carbocycles. The van der Waals surface area contributed by atoms with E-state index in [9.17, 15) is 4.79 Å². The van der Waals surface area contributed by atoms with E-state index >= 15 is 0 Å². The molecule has 3 rings (SSSR count). The van der Waals surface area contributed by atoms with Crippen LogP contribution in [0.25, 0.3) is 0 Å². The molecule has 1 aromatic carbocycles. The summed E-state index contributed by atoms with van der Waals surface area (Å²) in [4.78, 5) is 11.9. The Bertz CT molecular complexity index is 456. The Kier molecular flexibility index (Phi) is 3.42. The number of fused-ring (bicyclic) bond motifs is 2. The van der Waals surface area contributed by atoms with Gasteiger partial charge in [0.1, 0.15) is 6.10 Å². The summed E-state index contributed by atoms with van der Waals surface area (Å²) < 4.78 is 11.9. The number of carbonyl (C=O) groups excluding carboxylic acids is 1. The maximum Gasteiger partial charge on any atom is 0.164 e. The molecule has 2 aliphatic heterocycles. The van der Waals surface area contributed by atoms with Gasteiger partial charge in [-0.05, 0) is 5.56 Å². The molecule has 3 heteroatoms. The Morgan fingerprint density at radius 3 is 2.68 bits per heavy atom. The number of hydrogen-bond donors (Lipinski definition) is 0. The van der Waals surface area contributed by atoms with Crippen molar-refractivity contribution in [2.75, 3.05) is 0 Å². The van der Waals surface area contributed by atoms with Crippen LogP contribution in [0.2, 0.25) is 0 Å². The van der Waals surface area contributed by atoms with Gasteiger partial charge in [0.2, 0.25) is 0 Å². The lowest BCUT2D eigenvalue weighted by Crippen LogP contribution is -2.46. The number of ketones is 1. The highest BCUT2D eigenvalue weighted by Crippen LogP contribution is 2.39. The van der Waals surface area contributed by atoms with E-state index in [0.29, 0.717) is 13.0 Å². The third kappa shape index (κ3) is 2.33. The summed E-state index contributed by atoms with van der Waals surface area (Å²) in [6.45, 7) is 4.80. The minimum absolute atomic E-state index is 0.0504. The average molecular weight is 260 g/mol. The van der Waals surface area contributed by atoms with Crippen LogP contribution in [0.1, 0.15) is 25.8 Å². The van der Waals surface area contributed by atoms with Crippen LogP contribution in [0.4, 0.5) is 0 Å². The van der Waals surface area contributed by atoms with Crippen molar-refractivity contribution in [1.82, 2.24) is 0 Å². The van der Waals surface area contributed by atoms with Gasteiger partial charge in [-0.3, -0.25) is 4.79 Å². The first-order valence-corrected chi connectivity index (χ1v) is 7.00. The summed E-state index contributed by atoms with van der Waals surface area (Å²) in [6.07, 6.45) is 0.466. The van der Waals surface area contributed by atoms with E-state index in [1.165, 1.54) is 5.56 Å². The second-order valence-corrected chi connectivity index (χ2v) is 5.75. The number of rotatable bonds is 3. The Balaban J connectivity index is 1.69. The van der Waals surface area contributed by atoms with Gasteiger partial charge >= 0.3 is 0 Å². The summed E-state index contributed by atoms with van der Waals surface area (Å²) in [7, 11) is 0. The number of benzene rings is 1. The van der Waals surface area contributed by atoms with E-state index in [2.05, 4.69) is 26.0 Å². The zero-order chi connectivity index (χ0) is 13.4. The van der Waals surface area contributed by atoms with Gasteiger partial charge in [0, 0.05) is 18.3 Å². The molecule has 5 atom stereocenters. The first-order chi connectivity index (χ1) is 9.16. The topological polar surface area (TPSA) is 35.5 Å². The first kappa shape index (κ1) is 12.8. The van der Waals surface area contributed by atoms with Gasteiger partial charge in [-0.1, -0.05) is 44.2 Å². The van der Waals surface area contributed by atoms with Crippen LogP contribution in [0.15, 0.2) is 30.3 Å². The van der Waals surface area contributed by atoms with Crippen LogP contribution < -0.4 is 0 Å². The zero-order valence-corrected chi connectivity index (χ0v) is 11.4. The molecule has 2 saturated heterocycles. The Hall–Kier alpha value is -1.19. The van der Waals surface area contributed by atoms with E-state index in [0.717, 1.165) is 0 Å². The maximum atomic E-state index is 11.9. The molecular formula is C16H20O3. The summed E-state index contributed by atoms with van der Waals surface area (Å²) in [6, 6.07) is 10.2. The van der Waals surface area contributed by atoms with Gasteiger partial charge in [-0.2, -0.15) is 0 Å². The van der Waals surface area contributed by atoms with Crippen LogP contribution in [0, 0.1) is 11.8 Å². The first-order valence-electron chi connectivity index (χ1n) is 7.00. The molecule has 0 N–H and O–H groups in total. The molecule has 2 bridgehead atoms. The Labute approximate surface area is 113 Å². The fraction of sp³-hybridized carbons (Fsp3) is 0.562. The van der Waals surface area contributed by atoms with Crippen LogP contribution in [-0.4, -0.2) is 24.1 Å². The Morgan fingerprint density at radius 1 is 1.21 bits per heavy atom. The monoisotopic (exact) mass is 260 g/mol. The van der Waals surface area contributed by atoms with Gasteiger partial charge in [0.05, 0.1) is 18.8 Å².